The Labute approximate surface area is 94.9 Å². The topological polar surface area (TPSA) is 52.6 Å². The first-order valence-electron chi connectivity index (χ1n) is 5.20. The summed E-state index contributed by atoms with van der Waals surface area (Å²) >= 11 is 0. The minimum Gasteiger partial charge on any atom is -0.466 e. The van der Waals surface area contributed by atoms with Crippen molar-refractivity contribution in [1.82, 2.24) is 0 Å². The quantitative estimate of drug-likeness (QED) is 0.529. The predicted molar refractivity (Wildman–Crippen MR) is 58.7 cm³/mol. The molecule has 4 nitrogen and oxygen atoms in total. The van der Waals surface area contributed by atoms with Gasteiger partial charge in [-0.2, -0.15) is 0 Å². The Kier molecular flexibility index (Phi) is 4.76. The molecule has 16 heavy (non-hydrogen) atoms. The van der Waals surface area contributed by atoms with Gasteiger partial charge in [-0.15, -0.1) is 0 Å². The van der Waals surface area contributed by atoms with Crippen LogP contribution >= 0.6 is 0 Å². The van der Waals surface area contributed by atoms with Crippen LogP contribution in [0.25, 0.3) is 0 Å². The average molecular weight is 224 g/mol. The Bertz CT molecular complexity index is 293. The van der Waals surface area contributed by atoms with Crippen LogP contribution in [0.5, 0.6) is 0 Å². The molecule has 0 heterocycles. The predicted octanol–water partition coefficient (Wildman–Crippen LogP) is 1.76. The van der Waals surface area contributed by atoms with Crippen LogP contribution in [0, 0.1) is 0 Å². The molecule has 0 bridgehead atoms. The van der Waals surface area contributed by atoms with E-state index in [4.69, 9.17) is 0 Å². The molecule has 0 aromatic rings. The second-order valence-electron chi connectivity index (χ2n) is 3.65. The lowest BCUT2D eigenvalue weighted by Gasteiger charge is -2.16. The monoisotopic (exact) mass is 224 g/mol. The number of ether oxygens (including phenoxy) is 2. The molecule has 0 atom stereocenters. The van der Waals surface area contributed by atoms with Crippen molar-refractivity contribution in [2.24, 2.45) is 0 Å². The van der Waals surface area contributed by atoms with Crippen molar-refractivity contribution >= 4 is 11.9 Å². The molecule has 0 N–H and O–H groups in total. The third-order valence-electron chi connectivity index (χ3n) is 2.58. The summed E-state index contributed by atoms with van der Waals surface area (Å²) in [6.07, 6.45) is 6.29. The zero-order valence-electron chi connectivity index (χ0n) is 9.62. The van der Waals surface area contributed by atoms with Gasteiger partial charge in [-0.1, -0.05) is 11.1 Å². The number of hydrogen-bond donors (Lipinski definition) is 0. The number of esters is 2. The average Bonchev–Trinajstić information content (AvgIpc) is 2.31. The minimum absolute atomic E-state index is 0.310. The molecule has 0 radical (unpaired) electrons. The first kappa shape index (κ1) is 12.5. The Morgan fingerprint density at radius 3 is 1.44 bits per heavy atom. The van der Waals surface area contributed by atoms with E-state index in [0.29, 0.717) is 0 Å². The molecule has 1 fully saturated rings. The summed E-state index contributed by atoms with van der Waals surface area (Å²) in [6.45, 7) is 0. The van der Waals surface area contributed by atoms with Crippen molar-refractivity contribution in [2.45, 2.75) is 25.7 Å². The van der Waals surface area contributed by atoms with Gasteiger partial charge in [-0.05, 0) is 25.7 Å². The highest BCUT2D eigenvalue weighted by molar-refractivity contribution is 5.83. The molecule has 0 aromatic heterocycles. The van der Waals surface area contributed by atoms with Crippen LogP contribution in [-0.2, 0) is 19.1 Å². The van der Waals surface area contributed by atoms with Crippen LogP contribution in [0.3, 0.4) is 0 Å². The van der Waals surface area contributed by atoms with Crippen LogP contribution in [0.2, 0.25) is 0 Å². The lowest BCUT2D eigenvalue weighted by molar-refractivity contribution is -0.135. The molecule has 4 heteroatoms. The normalized spacial score (nSPS) is 15.4. The number of hydrogen-bond acceptors (Lipinski definition) is 4. The standard InChI is InChI=1S/C12H16O4/c1-15-11(13)7-9-3-5-10(6-4-9)8-12(14)16-2/h7-8H,3-6H2,1-2H3. The molecule has 0 saturated heterocycles. The van der Waals surface area contributed by atoms with Crippen LogP contribution in [-0.4, -0.2) is 26.2 Å². The van der Waals surface area contributed by atoms with Gasteiger partial charge >= 0.3 is 11.9 Å². The van der Waals surface area contributed by atoms with Crippen molar-refractivity contribution in [1.29, 1.82) is 0 Å². The Hall–Kier alpha value is -1.58. The van der Waals surface area contributed by atoms with E-state index in [9.17, 15) is 9.59 Å². The number of allylic oxidation sites excluding steroid dienone is 2. The van der Waals surface area contributed by atoms with Crippen LogP contribution < -0.4 is 0 Å². The van der Waals surface area contributed by atoms with Gasteiger partial charge in [0.15, 0.2) is 0 Å². The van der Waals surface area contributed by atoms with Gasteiger partial charge in [0.1, 0.15) is 0 Å². The van der Waals surface area contributed by atoms with Gasteiger partial charge in [-0.3, -0.25) is 0 Å². The molecule has 1 aliphatic carbocycles. The molecule has 1 rings (SSSR count). The van der Waals surface area contributed by atoms with E-state index >= 15 is 0 Å². The maximum Gasteiger partial charge on any atom is 0.330 e. The van der Waals surface area contributed by atoms with Gasteiger partial charge in [0.25, 0.3) is 0 Å². The molecular weight excluding hydrogens is 208 g/mol. The zero-order chi connectivity index (χ0) is 12.0. The van der Waals surface area contributed by atoms with Gasteiger partial charge in [0.05, 0.1) is 14.2 Å². The first-order valence-corrected chi connectivity index (χ1v) is 5.20. The number of carbonyl (C=O) groups excluding carboxylic acids is 2. The van der Waals surface area contributed by atoms with Crippen molar-refractivity contribution in [2.75, 3.05) is 14.2 Å². The summed E-state index contributed by atoms with van der Waals surface area (Å²) in [4.78, 5) is 22.0. The molecule has 1 saturated carbocycles. The number of rotatable bonds is 2. The third-order valence-corrected chi connectivity index (χ3v) is 2.58. The molecule has 0 aliphatic heterocycles. The SMILES string of the molecule is COC(=O)C=C1CCC(=CC(=O)OC)CC1. The van der Waals surface area contributed by atoms with Gasteiger partial charge in [-0.25, -0.2) is 9.59 Å². The van der Waals surface area contributed by atoms with E-state index in [0.717, 1.165) is 36.8 Å². The fourth-order valence-corrected chi connectivity index (χ4v) is 1.63. The smallest absolute Gasteiger partial charge is 0.330 e. The zero-order valence-corrected chi connectivity index (χ0v) is 9.62. The Morgan fingerprint density at radius 1 is 0.875 bits per heavy atom. The van der Waals surface area contributed by atoms with Crippen LogP contribution in [0.4, 0.5) is 0 Å². The highest BCUT2D eigenvalue weighted by Crippen LogP contribution is 2.27. The summed E-state index contributed by atoms with van der Waals surface area (Å²) in [5.41, 5.74) is 2.16. The van der Waals surface area contributed by atoms with E-state index < -0.39 is 0 Å². The van der Waals surface area contributed by atoms with E-state index in [1.54, 1.807) is 0 Å². The van der Waals surface area contributed by atoms with Crippen molar-refractivity contribution in [3.8, 4) is 0 Å². The van der Waals surface area contributed by atoms with E-state index in [1.807, 2.05) is 0 Å². The molecule has 0 amide bonds. The summed E-state index contributed by atoms with van der Waals surface area (Å²) in [5, 5.41) is 0. The lowest BCUT2D eigenvalue weighted by Crippen LogP contribution is -2.04. The largest absolute Gasteiger partial charge is 0.466 e. The lowest BCUT2D eigenvalue weighted by atomic mass is 9.90. The van der Waals surface area contributed by atoms with E-state index in [-0.39, 0.29) is 11.9 Å². The van der Waals surface area contributed by atoms with E-state index in [2.05, 4.69) is 9.47 Å². The van der Waals surface area contributed by atoms with Crippen LogP contribution in [0.1, 0.15) is 25.7 Å². The van der Waals surface area contributed by atoms with Crippen molar-refractivity contribution in [3.63, 3.8) is 0 Å². The molecule has 88 valence electrons. The second-order valence-corrected chi connectivity index (χ2v) is 3.65. The highest BCUT2D eigenvalue weighted by Gasteiger charge is 2.12. The molecule has 0 aromatic carbocycles. The minimum atomic E-state index is -0.310. The summed E-state index contributed by atoms with van der Waals surface area (Å²) in [5.74, 6) is -0.620. The van der Waals surface area contributed by atoms with Gasteiger partial charge in [0, 0.05) is 12.2 Å². The highest BCUT2D eigenvalue weighted by atomic mass is 16.5. The van der Waals surface area contributed by atoms with Crippen molar-refractivity contribution < 1.29 is 19.1 Å². The first-order chi connectivity index (χ1) is 7.65. The fraction of sp³-hybridized carbons (Fsp3) is 0.500. The molecule has 1 aliphatic rings. The van der Waals surface area contributed by atoms with Gasteiger partial charge < -0.3 is 9.47 Å². The van der Waals surface area contributed by atoms with Gasteiger partial charge in [0.2, 0.25) is 0 Å². The maximum atomic E-state index is 11.0. The van der Waals surface area contributed by atoms with Crippen molar-refractivity contribution in [3.05, 3.63) is 23.3 Å². The Balaban J connectivity index is 2.51. The number of carbonyl (C=O) groups is 2. The molecular formula is C12H16O4. The third kappa shape index (κ3) is 3.88. The summed E-state index contributed by atoms with van der Waals surface area (Å²) in [7, 11) is 2.73. The summed E-state index contributed by atoms with van der Waals surface area (Å²) in [6, 6.07) is 0. The Morgan fingerprint density at radius 2 is 1.19 bits per heavy atom. The molecule has 0 unspecified atom stereocenters. The fourth-order valence-electron chi connectivity index (χ4n) is 1.63. The molecule has 0 spiro atoms. The maximum absolute atomic E-state index is 11.0. The van der Waals surface area contributed by atoms with E-state index in [1.165, 1.54) is 26.4 Å². The number of methoxy groups -OCH3 is 2. The summed E-state index contributed by atoms with van der Waals surface area (Å²) < 4.78 is 9.12. The van der Waals surface area contributed by atoms with Crippen LogP contribution in [0.15, 0.2) is 23.3 Å². The second kappa shape index (κ2) is 6.10.